The van der Waals surface area contributed by atoms with E-state index in [2.05, 4.69) is 15.4 Å². The van der Waals surface area contributed by atoms with Crippen LogP contribution < -0.4 is 0 Å². The van der Waals surface area contributed by atoms with E-state index in [1.54, 1.807) is 0 Å². The first-order valence-corrected chi connectivity index (χ1v) is 7.12. The second kappa shape index (κ2) is 5.79. The first-order chi connectivity index (χ1) is 9.84. The molecule has 0 aliphatic carbocycles. The molecule has 0 bridgehead atoms. The lowest BCUT2D eigenvalue weighted by atomic mass is 10.2. The number of benzene rings is 2. The molecule has 0 amide bonds. The van der Waals surface area contributed by atoms with Crippen molar-refractivity contribution in [2.75, 3.05) is 5.75 Å². The Hall–Kier alpha value is -2.27. The number of hydrogen-bond donors (Lipinski definition) is 0. The minimum Gasteiger partial charge on any atom is -0.293 e. The van der Waals surface area contributed by atoms with Crippen molar-refractivity contribution in [1.29, 1.82) is 0 Å². The highest BCUT2D eigenvalue weighted by atomic mass is 32.2. The number of aromatic nitrogens is 3. The van der Waals surface area contributed by atoms with E-state index in [1.807, 2.05) is 54.6 Å². The molecule has 20 heavy (non-hydrogen) atoms. The number of thioether (sulfide) groups is 1. The van der Waals surface area contributed by atoms with Gasteiger partial charge in [-0.2, -0.15) is 0 Å². The van der Waals surface area contributed by atoms with Crippen molar-refractivity contribution in [3.05, 3.63) is 60.2 Å². The van der Waals surface area contributed by atoms with Gasteiger partial charge in [0.05, 0.1) is 11.3 Å². The van der Waals surface area contributed by atoms with Crippen LogP contribution in [0.3, 0.4) is 0 Å². The van der Waals surface area contributed by atoms with E-state index >= 15 is 0 Å². The third-order valence-electron chi connectivity index (χ3n) is 2.86. The van der Waals surface area contributed by atoms with Gasteiger partial charge in [0.15, 0.2) is 5.78 Å². The lowest BCUT2D eigenvalue weighted by Crippen LogP contribution is -2.03. The smallest absolute Gasteiger partial charge is 0.173 e. The molecule has 2 aromatic carbocycles. The highest BCUT2D eigenvalue weighted by Crippen LogP contribution is 2.24. The Morgan fingerprint density at radius 1 is 0.950 bits per heavy atom. The number of Topliss-reactive ketones (excluding diaryl/α,β-unsaturated/α-hetero) is 1. The quantitative estimate of drug-likeness (QED) is 0.543. The predicted molar refractivity (Wildman–Crippen MR) is 78.8 cm³/mol. The summed E-state index contributed by atoms with van der Waals surface area (Å²) in [6.45, 7) is 0. The van der Waals surface area contributed by atoms with Crippen molar-refractivity contribution in [2.24, 2.45) is 0 Å². The van der Waals surface area contributed by atoms with E-state index in [0.29, 0.717) is 11.3 Å². The van der Waals surface area contributed by atoms with Crippen LogP contribution in [-0.2, 0) is 0 Å². The van der Waals surface area contributed by atoms with Crippen LogP contribution in [0.1, 0.15) is 10.4 Å². The summed E-state index contributed by atoms with van der Waals surface area (Å²) >= 11 is 1.39. The number of rotatable bonds is 4. The Morgan fingerprint density at radius 2 is 1.70 bits per heavy atom. The molecule has 0 unspecified atom stereocenters. The number of hydrogen-bond acceptors (Lipinski definition) is 5. The summed E-state index contributed by atoms with van der Waals surface area (Å²) in [6.07, 6.45) is 0. The summed E-state index contributed by atoms with van der Waals surface area (Å²) in [4.78, 5) is 12.1. The minimum absolute atomic E-state index is 0.0818. The van der Waals surface area contributed by atoms with Crippen molar-refractivity contribution >= 4 is 28.4 Å². The van der Waals surface area contributed by atoms with Crippen LogP contribution in [0.15, 0.2) is 59.6 Å². The van der Waals surface area contributed by atoms with Gasteiger partial charge in [-0.1, -0.05) is 54.2 Å². The standard InChI is InChI=1S/C15H11N3OS/c19-14(11-6-2-1-3-7-11)10-20-15-12-8-4-5-9-13(12)16-18-17-15/h1-9H,10H2. The van der Waals surface area contributed by atoms with E-state index < -0.39 is 0 Å². The van der Waals surface area contributed by atoms with Crippen molar-refractivity contribution < 1.29 is 4.79 Å². The number of ketones is 1. The zero-order valence-electron chi connectivity index (χ0n) is 10.6. The molecular weight excluding hydrogens is 270 g/mol. The first-order valence-electron chi connectivity index (χ1n) is 6.14. The lowest BCUT2D eigenvalue weighted by Gasteiger charge is -2.03. The molecule has 5 heteroatoms. The SMILES string of the molecule is O=C(CSc1nnnc2ccccc12)c1ccccc1. The van der Waals surface area contributed by atoms with Crippen molar-refractivity contribution in [1.82, 2.24) is 15.4 Å². The van der Waals surface area contributed by atoms with E-state index in [1.165, 1.54) is 11.8 Å². The van der Waals surface area contributed by atoms with Gasteiger partial charge in [0.1, 0.15) is 5.03 Å². The van der Waals surface area contributed by atoms with Crippen LogP contribution in [-0.4, -0.2) is 26.9 Å². The molecule has 0 radical (unpaired) electrons. The van der Waals surface area contributed by atoms with Crippen LogP contribution in [0.2, 0.25) is 0 Å². The monoisotopic (exact) mass is 281 g/mol. The van der Waals surface area contributed by atoms with Gasteiger partial charge in [0, 0.05) is 10.9 Å². The van der Waals surface area contributed by atoms with E-state index in [0.717, 1.165) is 15.9 Å². The van der Waals surface area contributed by atoms with E-state index in [9.17, 15) is 4.79 Å². The number of carbonyl (C=O) groups excluding carboxylic acids is 1. The molecule has 0 atom stereocenters. The normalized spacial score (nSPS) is 10.6. The number of nitrogens with zero attached hydrogens (tertiary/aromatic N) is 3. The highest BCUT2D eigenvalue weighted by molar-refractivity contribution is 8.00. The van der Waals surface area contributed by atoms with Gasteiger partial charge >= 0.3 is 0 Å². The largest absolute Gasteiger partial charge is 0.293 e. The second-order valence-electron chi connectivity index (χ2n) is 4.19. The lowest BCUT2D eigenvalue weighted by molar-refractivity contribution is 0.102. The molecule has 4 nitrogen and oxygen atoms in total. The average Bonchev–Trinajstić information content (AvgIpc) is 2.53. The number of fused-ring (bicyclic) bond motifs is 1. The van der Waals surface area contributed by atoms with Gasteiger partial charge < -0.3 is 0 Å². The molecule has 0 aliphatic heterocycles. The fourth-order valence-electron chi connectivity index (χ4n) is 1.85. The molecule has 3 rings (SSSR count). The fraction of sp³-hybridized carbons (Fsp3) is 0.0667. The third kappa shape index (κ3) is 2.67. The van der Waals surface area contributed by atoms with Crippen molar-refractivity contribution in [2.45, 2.75) is 5.03 Å². The highest BCUT2D eigenvalue weighted by Gasteiger charge is 2.09. The summed E-state index contributed by atoms with van der Waals surface area (Å²) in [6, 6.07) is 16.9. The van der Waals surface area contributed by atoms with Crippen LogP contribution in [0.4, 0.5) is 0 Å². The summed E-state index contributed by atoms with van der Waals surface area (Å²) in [5.41, 5.74) is 1.50. The summed E-state index contributed by atoms with van der Waals surface area (Å²) < 4.78 is 0. The van der Waals surface area contributed by atoms with E-state index in [4.69, 9.17) is 0 Å². The summed E-state index contributed by atoms with van der Waals surface area (Å²) in [7, 11) is 0. The fourth-order valence-corrected chi connectivity index (χ4v) is 2.71. The van der Waals surface area contributed by atoms with E-state index in [-0.39, 0.29) is 5.78 Å². The van der Waals surface area contributed by atoms with Gasteiger partial charge in [-0.3, -0.25) is 4.79 Å². The Bertz CT molecular complexity index is 741. The third-order valence-corrected chi connectivity index (χ3v) is 3.84. The van der Waals surface area contributed by atoms with Crippen LogP contribution >= 0.6 is 11.8 Å². The first kappa shape index (κ1) is 12.7. The molecule has 0 fully saturated rings. The van der Waals surface area contributed by atoms with Crippen molar-refractivity contribution in [3.63, 3.8) is 0 Å². The Kier molecular flexibility index (Phi) is 3.69. The summed E-state index contributed by atoms with van der Waals surface area (Å²) in [5.74, 6) is 0.422. The Labute approximate surface area is 120 Å². The predicted octanol–water partition coefficient (Wildman–Crippen LogP) is 3.00. The second-order valence-corrected chi connectivity index (χ2v) is 5.15. The van der Waals surface area contributed by atoms with Gasteiger partial charge in [-0.15, -0.1) is 10.2 Å². The van der Waals surface area contributed by atoms with Crippen LogP contribution in [0.25, 0.3) is 10.9 Å². The number of carbonyl (C=O) groups is 1. The molecule has 0 N–H and O–H groups in total. The molecule has 0 saturated heterocycles. The zero-order chi connectivity index (χ0) is 13.8. The molecule has 3 aromatic rings. The van der Waals surface area contributed by atoms with Gasteiger partial charge in [0.2, 0.25) is 0 Å². The molecule has 1 aromatic heterocycles. The van der Waals surface area contributed by atoms with Gasteiger partial charge in [-0.25, -0.2) is 0 Å². The maximum absolute atomic E-state index is 12.1. The van der Waals surface area contributed by atoms with Crippen LogP contribution in [0.5, 0.6) is 0 Å². The van der Waals surface area contributed by atoms with Gasteiger partial charge in [0.25, 0.3) is 0 Å². The Balaban J connectivity index is 1.79. The average molecular weight is 281 g/mol. The molecular formula is C15H11N3OS. The molecule has 1 heterocycles. The molecule has 0 saturated carbocycles. The van der Waals surface area contributed by atoms with Crippen LogP contribution in [0, 0.1) is 0 Å². The molecule has 98 valence electrons. The molecule has 0 spiro atoms. The molecule has 0 aliphatic rings. The minimum atomic E-state index is 0.0818. The Morgan fingerprint density at radius 3 is 2.55 bits per heavy atom. The zero-order valence-corrected chi connectivity index (χ0v) is 11.4. The maximum Gasteiger partial charge on any atom is 0.173 e. The van der Waals surface area contributed by atoms with Gasteiger partial charge in [-0.05, 0) is 17.3 Å². The summed E-state index contributed by atoms with van der Waals surface area (Å²) in [5, 5.41) is 13.4. The topological polar surface area (TPSA) is 55.7 Å². The van der Waals surface area contributed by atoms with Crippen molar-refractivity contribution in [3.8, 4) is 0 Å². The maximum atomic E-state index is 12.1.